The molecule has 1 aromatic heterocycles. The highest BCUT2D eigenvalue weighted by Gasteiger charge is 2.16. The van der Waals surface area contributed by atoms with Crippen LogP contribution < -0.4 is 5.32 Å². The molecule has 4 nitrogen and oxygen atoms in total. The Labute approximate surface area is 126 Å². The average Bonchev–Trinajstić information content (AvgIpc) is 2.88. The number of hydrogen-bond acceptors (Lipinski definition) is 3. The Bertz CT molecular complexity index is 594. The fraction of sp³-hybridized carbons (Fsp3) is 0.267. The summed E-state index contributed by atoms with van der Waals surface area (Å²) in [4.78, 5) is 11.9. The number of hydrogen-bond donors (Lipinski definition) is 1. The number of nitrogens with one attached hydrogen (secondary N) is 1. The number of benzene rings is 1. The molecule has 2 rings (SSSR count). The van der Waals surface area contributed by atoms with E-state index >= 15 is 0 Å². The molecular weight excluding hydrogens is 322 g/mol. The number of aryl methyl sites for hydroxylation is 1. The zero-order valence-corrected chi connectivity index (χ0v) is 12.9. The summed E-state index contributed by atoms with van der Waals surface area (Å²) < 4.78 is 11.2. The van der Waals surface area contributed by atoms with Crippen LogP contribution in [0.5, 0.6) is 0 Å². The Morgan fingerprint density at radius 1 is 1.35 bits per heavy atom. The van der Waals surface area contributed by atoms with Crippen molar-refractivity contribution in [3.05, 3.63) is 58.0 Å². The van der Waals surface area contributed by atoms with Crippen molar-refractivity contribution < 1.29 is 13.9 Å². The van der Waals surface area contributed by atoms with Crippen LogP contribution in [0.25, 0.3) is 0 Å². The average molecular weight is 338 g/mol. The molecule has 0 saturated heterocycles. The third-order valence-corrected chi connectivity index (χ3v) is 3.49. The highest BCUT2D eigenvalue weighted by atomic mass is 79.9. The Morgan fingerprint density at radius 2 is 2.10 bits per heavy atom. The van der Waals surface area contributed by atoms with Crippen LogP contribution in [0, 0.1) is 6.92 Å². The van der Waals surface area contributed by atoms with Crippen LogP contribution in [0.15, 0.2) is 45.5 Å². The van der Waals surface area contributed by atoms with E-state index < -0.39 is 0 Å². The van der Waals surface area contributed by atoms with Crippen LogP contribution in [0.2, 0.25) is 0 Å². The number of carbonyl (C=O) groups is 1. The van der Waals surface area contributed by atoms with E-state index in [0.29, 0.717) is 11.2 Å². The Morgan fingerprint density at radius 3 is 2.70 bits per heavy atom. The Hall–Kier alpha value is -1.59. The second-order valence-corrected chi connectivity index (χ2v) is 5.18. The van der Waals surface area contributed by atoms with E-state index in [1.165, 1.54) is 0 Å². The van der Waals surface area contributed by atoms with Crippen molar-refractivity contribution in [1.29, 1.82) is 0 Å². The molecule has 0 radical (unpaired) electrons. The van der Waals surface area contributed by atoms with Gasteiger partial charge in [0.1, 0.15) is 0 Å². The van der Waals surface area contributed by atoms with E-state index in [-0.39, 0.29) is 17.8 Å². The number of furan rings is 1. The quantitative estimate of drug-likeness (QED) is 0.908. The van der Waals surface area contributed by atoms with Gasteiger partial charge in [-0.15, -0.1) is 0 Å². The number of halogens is 1. The standard InChI is InChI=1S/C15H16BrNO3/c1-10-5-3-4-6-11(10)13(19-2)9-17-15(18)12-7-8-14(16)20-12/h3-8,13H,9H2,1-2H3,(H,17,18)/t13-/m1/s1. The molecule has 5 heteroatoms. The molecule has 1 N–H and O–H groups in total. The van der Waals surface area contributed by atoms with Crippen LogP contribution in [0.4, 0.5) is 0 Å². The van der Waals surface area contributed by atoms with Gasteiger partial charge in [-0.05, 0) is 46.1 Å². The molecule has 1 atom stereocenters. The van der Waals surface area contributed by atoms with Gasteiger partial charge in [-0.2, -0.15) is 0 Å². The van der Waals surface area contributed by atoms with Gasteiger partial charge in [0.15, 0.2) is 10.4 Å². The van der Waals surface area contributed by atoms with Gasteiger partial charge in [-0.3, -0.25) is 4.79 Å². The van der Waals surface area contributed by atoms with Gasteiger partial charge in [0, 0.05) is 13.7 Å². The summed E-state index contributed by atoms with van der Waals surface area (Å²) in [6.07, 6.45) is -0.182. The van der Waals surface area contributed by atoms with Gasteiger partial charge < -0.3 is 14.5 Å². The maximum atomic E-state index is 11.9. The molecule has 20 heavy (non-hydrogen) atoms. The molecule has 0 aliphatic heterocycles. The van der Waals surface area contributed by atoms with Crippen molar-refractivity contribution in [2.75, 3.05) is 13.7 Å². The van der Waals surface area contributed by atoms with Gasteiger partial charge in [0.2, 0.25) is 0 Å². The van der Waals surface area contributed by atoms with Gasteiger partial charge in [-0.1, -0.05) is 24.3 Å². The molecule has 1 amide bonds. The topological polar surface area (TPSA) is 51.5 Å². The minimum atomic E-state index is -0.258. The van der Waals surface area contributed by atoms with Crippen LogP contribution >= 0.6 is 15.9 Å². The molecule has 1 heterocycles. The van der Waals surface area contributed by atoms with Crippen molar-refractivity contribution in [3.8, 4) is 0 Å². The number of carbonyl (C=O) groups excluding carboxylic acids is 1. The first kappa shape index (κ1) is 14.8. The first-order valence-corrected chi connectivity index (χ1v) is 7.03. The smallest absolute Gasteiger partial charge is 0.287 e. The third-order valence-electron chi connectivity index (χ3n) is 3.06. The zero-order valence-electron chi connectivity index (χ0n) is 11.4. The number of amides is 1. The molecular formula is C15H16BrNO3. The summed E-state index contributed by atoms with van der Waals surface area (Å²) in [5.74, 6) is 0.0165. The van der Waals surface area contributed by atoms with Gasteiger partial charge in [-0.25, -0.2) is 0 Å². The number of methoxy groups -OCH3 is 1. The lowest BCUT2D eigenvalue weighted by atomic mass is 10.0. The molecule has 0 saturated carbocycles. The normalized spacial score (nSPS) is 12.2. The van der Waals surface area contributed by atoms with E-state index in [1.807, 2.05) is 31.2 Å². The molecule has 0 bridgehead atoms. The van der Waals surface area contributed by atoms with Crippen LogP contribution in [-0.4, -0.2) is 19.6 Å². The summed E-state index contributed by atoms with van der Waals surface area (Å²) in [5, 5.41) is 2.81. The number of rotatable bonds is 5. The highest BCUT2D eigenvalue weighted by molar-refractivity contribution is 9.10. The Balaban J connectivity index is 2.01. The van der Waals surface area contributed by atoms with Crippen molar-refractivity contribution in [1.82, 2.24) is 5.32 Å². The summed E-state index contributed by atoms with van der Waals surface area (Å²) in [5.41, 5.74) is 2.20. The fourth-order valence-electron chi connectivity index (χ4n) is 1.98. The number of ether oxygens (including phenoxy) is 1. The maximum absolute atomic E-state index is 11.9. The minimum absolute atomic E-state index is 0.182. The first-order valence-electron chi connectivity index (χ1n) is 6.23. The summed E-state index contributed by atoms with van der Waals surface area (Å²) in [7, 11) is 1.63. The second-order valence-electron chi connectivity index (χ2n) is 4.39. The maximum Gasteiger partial charge on any atom is 0.287 e. The molecule has 106 valence electrons. The van der Waals surface area contributed by atoms with E-state index in [1.54, 1.807) is 19.2 Å². The van der Waals surface area contributed by atoms with Crippen molar-refractivity contribution in [2.45, 2.75) is 13.0 Å². The molecule has 0 fully saturated rings. The molecule has 1 aromatic carbocycles. The molecule has 2 aromatic rings. The van der Waals surface area contributed by atoms with Crippen LogP contribution in [0.1, 0.15) is 27.8 Å². The van der Waals surface area contributed by atoms with Crippen LogP contribution in [0.3, 0.4) is 0 Å². The highest BCUT2D eigenvalue weighted by Crippen LogP contribution is 2.20. The molecule has 0 unspecified atom stereocenters. The third kappa shape index (κ3) is 3.49. The largest absolute Gasteiger partial charge is 0.444 e. The monoisotopic (exact) mass is 337 g/mol. The summed E-state index contributed by atoms with van der Waals surface area (Å²) in [6.45, 7) is 2.41. The summed E-state index contributed by atoms with van der Waals surface area (Å²) >= 11 is 3.17. The fourth-order valence-corrected chi connectivity index (χ4v) is 2.28. The van der Waals surface area contributed by atoms with E-state index in [0.717, 1.165) is 11.1 Å². The van der Waals surface area contributed by atoms with Crippen molar-refractivity contribution in [3.63, 3.8) is 0 Å². The van der Waals surface area contributed by atoms with Gasteiger partial charge in [0.25, 0.3) is 5.91 Å². The first-order chi connectivity index (χ1) is 9.61. The van der Waals surface area contributed by atoms with Gasteiger partial charge in [0.05, 0.1) is 6.10 Å². The van der Waals surface area contributed by atoms with E-state index in [2.05, 4.69) is 21.2 Å². The molecule has 0 aliphatic carbocycles. The van der Waals surface area contributed by atoms with Crippen molar-refractivity contribution in [2.24, 2.45) is 0 Å². The lowest BCUT2D eigenvalue weighted by molar-refractivity contribution is 0.0804. The molecule has 0 spiro atoms. The predicted octanol–water partition coefficient (Wildman–Crippen LogP) is 3.47. The lowest BCUT2D eigenvalue weighted by Gasteiger charge is -2.18. The van der Waals surface area contributed by atoms with Crippen molar-refractivity contribution >= 4 is 21.8 Å². The zero-order chi connectivity index (χ0) is 14.5. The van der Waals surface area contributed by atoms with Crippen LogP contribution in [-0.2, 0) is 4.74 Å². The Kier molecular flexibility index (Phi) is 4.98. The summed E-state index contributed by atoms with van der Waals surface area (Å²) in [6, 6.07) is 11.3. The predicted molar refractivity (Wildman–Crippen MR) is 79.7 cm³/mol. The van der Waals surface area contributed by atoms with E-state index in [4.69, 9.17) is 9.15 Å². The second kappa shape index (κ2) is 6.72. The van der Waals surface area contributed by atoms with Gasteiger partial charge >= 0.3 is 0 Å². The lowest BCUT2D eigenvalue weighted by Crippen LogP contribution is -2.29. The molecule has 0 aliphatic rings. The van der Waals surface area contributed by atoms with E-state index in [9.17, 15) is 4.79 Å². The SMILES string of the molecule is CO[C@H](CNC(=O)c1ccc(Br)o1)c1ccccc1C. The minimum Gasteiger partial charge on any atom is -0.444 e.